The smallest absolute Gasteiger partial charge is 0.132 e. The van der Waals surface area contributed by atoms with E-state index in [9.17, 15) is 4.39 Å². The lowest BCUT2D eigenvalue weighted by Crippen LogP contribution is -2.11. The topological polar surface area (TPSA) is 21.3 Å². The summed E-state index contributed by atoms with van der Waals surface area (Å²) < 4.78 is 18.4. The van der Waals surface area contributed by atoms with Crippen LogP contribution in [0.15, 0.2) is 53.4 Å². The van der Waals surface area contributed by atoms with E-state index in [0.717, 1.165) is 16.3 Å². The summed E-state index contributed by atoms with van der Waals surface area (Å²) >= 11 is 1.66. The van der Waals surface area contributed by atoms with Crippen LogP contribution in [0.3, 0.4) is 0 Å². The number of anilines is 1. The average Bonchev–Trinajstić information content (AvgIpc) is 2.46. The third kappa shape index (κ3) is 4.17. The normalized spacial score (nSPS) is 10.2. The van der Waals surface area contributed by atoms with Crippen LogP contribution in [0.4, 0.5) is 10.1 Å². The number of para-hydroxylation sites is 1. The Morgan fingerprint density at radius 3 is 2.58 bits per heavy atom. The zero-order chi connectivity index (χ0) is 13.5. The summed E-state index contributed by atoms with van der Waals surface area (Å²) in [5.74, 6) is 0.673. The Labute approximate surface area is 117 Å². The van der Waals surface area contributed by atoms with Crippen molar-refractivity contribution >= 4 is 17.4 Å². The molecule has 0 fully saturated rings. The Bertz CT molecular complexity index is 516. The second-order valence-electron chi connectivity index (χ2n) is 3.93. The molecule has 4 heteroatoms. The van der Waals surface area contributed by atoms with Gasteiger partial charge < -0.3 is 10.1 Å². The van der Waals surface area contributed by atoms with Gasteiger partial charge in [-0.15, -0.1) is 11.8 Å². The molecule has 0 atom stereocenters. The van der Waals surface area contributed by atoms with Gasteiger partial charge in [-0.3, -0.25) is 0 Å². The number of ether oxygens (including phenoxy) is 1. The van der Waals surface area contributed by atoms with Crippen LogP contribution in [-0.4, -0.2) is 19.4 Å². The van der Waals surface area contributed by atoms with Crippen molar-refractivity contribution in [2.45, 2.75) is 4.90 Å². The lowest BCUT2D eigenvalue weighted by atomic mass is 10.3. The molecule has 2 aromatic rings. The van der Waals surface area contributed by atoms with Gasteiger partial charge in [-0.1, -0.05) is 12.1 Å². The SMILES string of the molecule is CSc1ccccc1OCCNc1ccc(F)cc1. The molecule has 0 saturated heterocycles. The zero-order valence-electron chi connectivity index (χ0n) is 10.7. The standard InChI is InChI=1S/C15H16FNOS/c1-19-15-5-3-2-4-14(15)18-11-10-17-13-8-6-12(16)7-9-13/h2-9,17H,10-11H2,1H3. The van der Waals surface area contributed by atoms with Crippen molar-refractivity contribution in [1.29, 1.82) is 0 Å². The fourth-order valence-corrected chi connectivity index (χ4v) is 2.20. The molecule has 0 aromatic heterocycles. The minimum Gasteiger partial charge on any atom is -0.491 e. The van der Waals surface area contributed by atoms with Gasteiger partial charge in [0.15, 0.2) is 0 Å². The van der Waals surface area contributed by atoms with Crippen LogP contribution in [0.2, 0.25) is 0 Å². The van der Waals surface area contributed by atoms with Crippen LogP contribution in [0, 0.1) is 5.82 Å². The molecule has 0 aliphatic heterocycles. The van der Waals surface area contributed by atoms with Crippen molar-refractivity contribution < 1.29 is 9.13 Å². The molecule has 1 N–H and O–H groups in total. The molecule has 0 unspecified atom stereocenters. The van der Waals surface area contributed by atoms with Gasteiger partial charge in [0.1, 0.15) is 18.2 Å². The van der Waals surface area contributed by atoms with Gasteiger partial charge in [0.25, 0.3) is 0 Å². The Kier molecular flexibility index (Phi) is 5.10. The fraction of sp³-hybridized carbons (Fsp3) is 0.200. The van der Waals surface area contributed by atoms with Gasteiger partial charge >= 0.3 is 0 Å². The average molecular weight is 277 g/mol. The molecule has 0 radical (unpaired) electrons. The van der Waals surface area contributed by atoms with Gasteiger partial charge in [-0.05, 0) is 42.7 Å². The minimum absolute atomic E-state index is 0.226. The number of hydrogen-bond acceptors (Lipinski definition) is 3. The molecule has 0 bridgehead atoms. The Morgan fingerprint density at radius 1 is 1.11 bits per heavy atom. The summed E-state index contributed by atoms with van der Waals surface area (Å²) in [5.41, 5.74) is 0.892. The lowest BCUT2D eigenvalue weighted by Gasteiger charge is -2.11. The summed E-state index contributed by atoms with van der Waals surface area (Å²) in [7, 11) is 0. The molecular weight excluding hydrogens is 261 g/mol. The molecule has 0 spiro atoms. The van der Waals surface area contributed by atoms with Crippen LogP contribution in [0.25, 0.3) is 0 Å². The molecule has 19 heavy (non-hydrogen) atoms. The van der Waals surface area contributed by atoms with Crippen LogP contribution in [0.5, 0.6) is 5.75 Å². The maximum atomic E-state index is 12.7. The monoisotopic (exact) mass is 277 g/mol. The van der Waals surface area contributed by atoms with Crippen molar-refractivity contribution in [3.8, 4) is 5.75 Å². The first-order valence-corrected chi connectivity index (χ1v) is 7.27. The second-order valence-corrected chi connectivity index (χ2v) is 4.78. The van der Waals surface area contributed by atoms with Crippen molar-refractivity contribution in [2.24, 2.45) is 0 Å². The van der Waals surface area contributed by atoms with Crippen molar-refractivity contribution in [2.75, 3.05) is 24.7 Å². The highest BCUT2D eigenvalue weighted by atomic mass is 32.2. The molecule has 2 aromatic carbocycles. The van der Waals surface area contributed by atoms with Gasteiger partial charge in [-0.25, -0.2) is 4.39 Å². The van der Waals surface area contributed by atoms with Crippen molar-refractivity contribution in [1.82, 2.24) is 0 Å². The number of rotatable bonds is 6. The van der Waals surface area contributed by atoms with Crippen molar-refractivity contribution in [3.63, 3.8) is 0 Å². The van der Waals surface area contributed by atoms with E-state index in [-0.39, 0.29) is 5.82 Å². The van der Waals surface area contributed by atoms with Crippen LogP contribution >= 0.6 is 11.8 Å². The van der Waals surface area contributed by atoms with E-state index < -0.39 is 0 Å². The number of nitrogens with one attached hydrogen (secondary N) is 1. The van der Waals surface area contributed by atoms with E-state index in [2.05, 4.69) is 5.32 Å². The van der Waals surface area contributed by atoms with Gasteiger partial charge in [0, 0.05) is 17.1 Å². The first-order valence-electron chi connectivity index (χ1n) is 6.05. The molecular formula is C15H16FNOS. The van der Waals surface area contributed by atoms with Gasteiger partial charge in [0.2, 0.25) is 0 Å². The number of halogens is 1. The summed E-state index contributed by atoms with van der Waals surface area (Å²) in [6.07, 6.45) is 2.03. The molecule has 100 valence electrons. The zero-order valence-corrected chi connectivity index (χ0v) is 11.5. The van der Waals surface area contributed by atoms with E-state index >= 15 is 0 Å². The summed E-state index contributed by atoms with van der Waals surface area (Å²) in [6, 6.07) is 14.3. The Balaban J connectivity index is 1.79. The maximum absolute atomic E-state index is 12.7. The highest BCUT2D eigenvalue weighted by Crippen LogP contribution is 2.26. The summed E-state index contributed by atoms with van der Waals surface area (Å²) in [4.78, 5) is 1.13. The predicted octanol–water partition coefficient (Wildman–Crippen LogP) is 4.04. The van der Waals surface area contributed by atoms with Gasteiger partial charge in [-0.2, -0.15) is 0 Å². The number of benzene rings is 2. The fourth-order valence-electron chi connectivity index (χ4n) is 1.66. The third-order valence-corrected chi connectivity index (χ3v) is 3.38. The molecule has 0 amide bonds. The summed E-state index contributed by atoms with van der Waals surface area (Å²) in [5, 5.41) is 3.18. The molecule has 0 saturated carbocycles. The predicted molar refractivity (Wildman–Crippen MR) is 78.6 cm³/mol. The van der Waals surface area contributed by atoms with Crippen LogP contribution in [-0.2, 0) is 0 Å². The number of thioether (sulfide) groups is 1. The second kappa shape index (κ2) is 7.04. The number of hydrogen-bond donors (Lipinski definition) is 1. The molecule has 0 aliphatic carbocycles. The molecule has 2 nitrogen and oxygen atoms in total. The third-order valence-electron chi connectivity index (χ3n) is 2.60. The van der Waals surface area contributed by atoms with Gasteiger partial charge in [0.05, 0.1) is 0 Å². The highest BCUT2D eigenvalue weighted by Gasteiger charge is 2.00. The van der Waals surface area contributed by atoms with Crippen LogP contribution < -0.4 is 10.1 Å². The Morgan fingerprint density at radius 2 is 1.84 bits per heavy atom. The lowest BCUT2D eigenvalue weighted by molar-refractivity contribution is 0.325. The van der Waals surface area contributed by atoms with E-state index in [1.165, 1.54) is 12.1 Å². The van der Waals surface area contributed by atoms with E-state index in [1.807, 2.05) is 30.5 Å². The summed E-state index contributed by atoms with van der Waals surface area (Å²) in [6.45, 7) is 1.24. The first-order chi connectivity index (χ1) is 9.29. The van der Waals surface area contributed by atoms with Crippen LogP contribution in [0.1, 0.15) is 0 Å². The minimum atomic E-state index is -0.226. The van der Waals surface area contributed by atoms with Crippen molar-refractivity contribution in [3.05, 3.63) is 54.3 Å². The quantitative estimate of drug-likeness (QED) is 0.636. The van der Waals surface area contributed by atoms with E-state index in [1.54, 1.807) is 23.9 Å². The molecule has 0 aliphatic rings. The van der Waals surface area contributed by atoms with E-state index in [0.29, 0.717) is 13.2 Å². The molecule has 2 rings (SSSR count). The first kappa shape index (κ1) is 13.7. The largest absolute Gasteiger partial charge is 0.491 e. The Hall–Kier alpha value is -1.68. The molecule has 0 heterocycles. The highest BCUT2D eigenvalue weighted by molar-refractivity contribution is 7.98. The maximum Gasteiger partial charge on any atom is 0.132 e. The van der Waals surface area contributed by atoms with E-state index in [4.69, 9.17) is 4.74 Å².